The summed E-state index contributed by atoms with van der Waals surface area (Å²) in [6.45, 7) is 11.7. The van der Waals surface area contributed by atoms with Gasteiger partial charge in [0.15, 0.2) is 5.82 Å². The molecular formula is C26H33F5N6O2. The number of alkyl halides is 3. The summed E-state index contributed by atoms with van der Waals surface area (Å²) in [5.74, 6) is -2.45. The molecule has 1 aromatic carbocycles. The fourth-order valence-electron chi connectivity index (χ4n) is 4.10. The maximum absolute atomic E-state index is 16.1. The Kier molecular flexibility index (Phi) is 9.36. The average Bonchev–Trinajstić information content (AvgIpc) is 2.88. The maximum Gasteiger partial charge on any atom is 0.417 e. The van der Waals surface area contributed by atoms with Crippen LogP contribution >= 0.6 is 0 Å². The molecule has 0 saturated carbocycles. The summed E-state index contributed by atoms with van der Waals surface area (Å²) < 4.78 is 84.4. The van der Waals surface area contributed by atoms with Crippen LogP contribution in [0.2, 0.25) is 0 Å². The Morgan fingerprint density at radius 1 is 1.08 bits per heavy atom. The van der Waals surface area contributed by atoms with E-state index >= 15 is 4.39 Å². The molecule has 0 spiro atoms. The van der Waals surface area contributed by atoms with Crippen LogP contribution in [0.25, 0.3) is 22.2 Å². The molecule has 0 bridgehead atoms. The second-order valence-electron chi connectivity index (χ2n) is 9.04. The Hall–Kier alpha value is -3.48. The number of anilines is 2. The van der Waals surface area contributed by atoms with Crippen LogP contribution in [-0.4, -0.2) is 46.8 Å². The van der Waals surface area contributed by atoms with Crippen LogP contribution in [0.3, 0.4) is 0 Å². The third-order valence-electron chi connectivity index (χ3n) is 5.77. The molecule has 8 nitrogen and oxygen atoms in total. The van der Waals surface area contributed by atoms with Crippen molar-refractivity contribution in [1.82, 2.24) is 20.3 Å². The maximum atomic E-state index is 16.1. The number of benzene rings is 1. The number of nitrogens with zero attached hydrogens (tertiary/aromatic N) is 3. The van der Waals surface area contributed by atoms with Gasteiger partial charge in [-0.25, -0.2) is 13.8 Å². The van der Waals surface area contributed by atoms with Crippen LogP contribution in [-0.2, 0) is 6.18 Å². The number of pyridine rings is 1. The molecular weight excluding hydrogens is 523 g/mol. The number of nitrogens with two attached hydrogens (primary N) is 1. The lowest BCUT2D eigenvalue weighted by molar-refractivity contribution is -0.137. The minimum Gasteiger partial charge on any atom is -0.474 e. The van der Waals surface area contributed by atoms with Crippen LogP contribution in [0.4, 0.5) is 33.5 Å². The highest BCUT2D eigenvalue weighted by Crippen LogP contribution is 2.44. The van der Waals surface area contributed by atoms with Gasteiger partial charge >= 0.3 is 12.2 Å². The Labute approximate surface area is 223 Å². The van der Waals surface area contributed by atoms with Crippen molar-refractivity contribution in [2.45, 2.75) is 66.3 Å². The van der Waals surface area contributed by atoms with Gasteiger partial charge in [-0.15, -0.1) is 0 Å². The first-order chi connectivity index (χ1) is 18.4. The van der Waals surface area contributed by atoms with Crippen LogP contribution in [0.1, 0.15) is 52.2 Å². The number of ether oxygens (including phenoxy) is 2. The monoisotopic (exact) mass is 556 g/mol. The number of rotatable bonds is 3. The standard InChI is InChI=1S/C24H27F5N6O2.C2H6/c1-10(2)36-23-34-20-15-21(35-23)32-8-7-31-6-5-11(3)37-22(15)33-19(18(20)26)13-9-14(30)17(25)12(4)16(13)24(27,28)29;1-2/h9-11,31H,5-8,30H2,1-4H3,(H,32,34,35);1-2H3. The van der Waals surface area contributed by atoms with Crippen molar-refractivity contribution in [1.29, 1.82) is 0 Å². The van der Waals surface area contributed by atoms with Crippen molar-refractivity contribution < 1.29 is 31.4 Å². The third kappa shape index (κ3) is 6.40. The van der Waals surface area contributed by atoms with Crippen LogP contribution in [0.15, 0.2) is 6.07 Å². The van der Waals surface area contributed by atoms with E-state index in [9.17, 15) is 17.6 Å². The minimum atomic E-state index is -5.03. The Morgan fingerprint density at radius 3 is 2.41 bits per heavy atom. The summed E-state index contributed by atoms with van der Waals surface area (Å²) >= 11 is 0. The smallest absolute Gasteiger partial charge is 0.417 e. The second kappa shape index (κ2) is 12.1. The highest BCUT2D eigenvalue weighted by Gasteiger charge is 2.39. The van der Waals surface area contributed by atoms with Crippen LogP contribution < -0.4 is 25.8 Å². The topological polar surface area (TPSA) is 107 Å². The van der Waals surface area contributed by atoms with E-state index in [1.54, 1.807) is 20.8 Å². The van der Waals surface area contributed by atoms with E-state index in [0.29, 0.717) is 26.1 Å². The molecule has 1 unspecified atom stereocenters. The first-order valence-corrected chi connectivity index (χ1v) is 12.7. The molecule has 214 valence electrons. The molecule has 3 heterocycles. The molecule has 39 heavy (non-hydrogen) atoms. The van der Waals surface area contributed by atoms with E-state index in [4.69, 9.17) is 15.2 Å². The highest BCUT2D eigenvalue weighted by molar-refractivity contribution is 5.96. The predicted molar refractivity (Wildman–Crippen MR) is 140 cm³/mol. The zero-order valence-electron chi connectivity index (χ0n) is 22.7. The highest BCUT2D eigenvalue weighted by atomic mass is 19.4. The van der Waals surface area contributed by atoms with Gasteiger partial charge in [0.25, 0.3) is 0 Å². The number of hydrogen-bond donors (Lipinski definition) is 3. The first-order valence-electron chi connectivity index (χ1n) is 12.7. The van der Waals surface area contributed by atoms with Crippen molar-refractivity contribution in [2.24, 2.45) is 0 Å². The number of aromatic nitrogens is 3. The second-order valence-corrected chi connectivity index (χ2v) is 9.04. The van der Waals surface area contributed by atoms with Gasteiger partial charge in [-0.05, 0) is 52.3 Å². The zero-order chi connectivity index (χ0) is 29.1. The Bertz CT molecular complexity index is 1330. The summed E-state index contributed by atoms with van der Waals surface area (Å²) in [5.41, 5.74) is 1.09. The summed E-state index contributed by atoms with van der Waals surface area (Å²) in [6, 6.07) is 0.535. The lowest BCUT2D eigenvalue weighted by Gasteiger charge is -2.21. The number of hydrogen-bond acceptors (Lipinski definition) is 8. The van der Waals surface area contributed by atoms with Gasteiger partial charge in [0.2, 0.25) is 5.88 Å². The molecule has 1 aliphatic heterocycles. The molecule has 4 N–H and O–H groups in total. The Morgan fingerprint density at radius 2 is 1.77 bits per heavy atom. The molecule has 0 saturated heterocycles. The van der Waals surface area contributed by atoms with Gasteiger partial charge in [0, 0.05) is 18.7 Å². The lowest BCUT2D eigenvalue weighted by Crippen LogP contribution is -2.26. The summed E-state index contributed by atoms with van der Waals surface area (Å²) in [4.78, 5) is 12.7. The van der Waals surface area contributed by atoms with Crippen molar-refractivity contribution in [3.63, 3.8) is 0 Å². The van der Waals surface area contributed by atoms with Crippen molar-refractivity contribution >= 4 is 22.4 Å². The van der Waals surface area contributed by atoms with E-state index < -0.39 is 52.0 Å². The fraction of sp³-hybridized carbons (Fsp3) is 0.500. The number of nitrogens with one attached hydrogen (secondary N) is 2. The molecule has 13 heteroatoms. The zero-order valence-corrected chi connectivity index (χ0v) is 22.7. The SMILES string of the molecule is CC.Cc1c(F)c(N)cc(-c2nc3c4c(nc(OC(C)C)nc4c2F)NCCNCCC(C)O3)c1C(F)(F)F. The fourth-order valence-corrected chi connectivity index (χ4v) is 4.10. The van der Waals surface area contributed by atoms with E-state index in [0.717, 1.165) is 13.0 Å². The normalized spacial score (nSPS) is 16.1. The molecule has 0 radical (unpaired) electrons. The van der Waals surface area contributed by atoms with Gasteiger partial charge in [0.05, 0.1) is 23.5 Å². The van der Waals surface area contributed by atoms with Crippen molar-refractivity contribution in [3.05, 3.63) is 28.8 Å². The predicted octanol–water partition coefficient (Wildman–Crippen LogP) is 5.87. The van der Waals surface area contributed by atoms with Gasteiger partial charge in [-0.2, -0.15) is 23.1 Å². The molecule has 2 aromatic heterocycles. The summed E-state index contributed by atoms with van der Waals surface area (Å²) in [7, 11) is 0. The quantitative estimate of drug-likeness (QED) is 0.272. The number of halogens is 5. The van der Waals surface area contributed by atoms with Gasteiger partial charge < -0.3 is 25.8 Å². The minimum absolute atomic E-state index is 0.0477. The molecule has 4 rings (SSSR count). The van der Waals surface area contributed by atoms with Crippen molar-refractivity contribution in [3.8, 4) is 23.1 Å². The van der Waals surface area contributed by atoms with Crippen LogP contribution in [0, 0.1) is 18.6 Å². The number of nitrogen functional groups attached to an aromatic ring is 1. The summed E-state index contributed by atoms with van der Waals surface area (Å²) in [6.07, 6.45) is -5.30. The largest absolute Gasteiger partial charge is 0.474 e. The van der Waals surface area contributed by atoms with Crippen LogP contribution in [0.5, 0.6) is 11.9 Å². The Balaban J connectivity index is 0.00000205. The molecule has 3 aromatic rings. The average molecular weight is 557 g/mol. The summed E-state index contributed by atoms with van der Waals surface area (Å²) in [5, 5.41) is 6.34. The molecule has 0 fully saturated rings. The third-order valence-corrected chi connectivity index (χ3v) is 5.77. The molecule has 1 atom stereocenters. The van der Waals surface area contributed by atoms with Crippen molar-refractivity contribution in [2.75, 3.05) is 30.7 Å². The molecule has 1 aliphatic rings. The van der Waals surface area contributed by atoms with E-state index in [1.165, 1.54) is 0 Å². The van der Waals surface area contributed by atoms with E-state index in [-0.39, 0.29) is 34.7 Å². The molecule has 0 amide bonds. The lowest BCUT2D eigenvalue weighted by atomic mass is 9.96. The van der Waals surface area contributed by atoms with Gasteiger partial charge in [-0.3, -0.25) is 0 Å². The van der Waals surface area contributed by atoms with Gasteiger partial charge in [-0.1, -0.05) is 13.8 Å². The first kappa shape index (κ1) is 30.1. The van der Waals surface area contributed by atoms with E-state index in [1.807, 2.05) is 13.8 Å². The van der Waals surface area contributed by atoms with Gasteiger partial charge in [0.1, 0.15) is 28.2 Å². The molecule has 0 aliphatic carbocycles. The van der Waals surface area contributed by atoms with E-state index in [2.05, 4.69) is 25.6 Å².